The number of rotatable bonds is 7. The average molecular weight is 497 g/mol. The molecule has 1 saturated heterocycles. The van der Waals surface area contributed by atoms with Crippen LogP contribution in [0.4, 0.5) is 10.1 Å². The smallest absolute Gasteiger partial charge is 0.253 e. The van der Waals surface area contributed by atoms with E-state index in [9.17, 15) is 22.4 Å². The van der Waals surface area contributed by atoms with E-state index in [1.54, 1.807) is 42.7 Å². The molecule has 1 aliphatic rings. The number of benzene rings is 2. The lowest BCUT2D eigenvalue weighted by atomic mass is 9.98. The molecule has 0 spiro atoms. The van der Waals surface area contributed by atoms with Crippen molar-refractivity contribution in [3.8, 4) is 0 Å². The number of pyridine rings is 1. The minimum Gasteiger partial charge on any atom is -0.348 e. The maximum absolute atomic E-state index is 13.2. The van der Waals surface area contributed by atoms with E-state index in [1.165, 1.54) is 16.4 Å². The highest BCUT2D eigenvalue weighted by atomic mass is 32.2. The summed E-state index contributed by atoms with van der Waals surface area (Å²) in [6.45, 7) is 0.561. The van der Waals surface area contributed by atoms with Crippen molar-refractivity contribution < 1.29 is 22.4 Å². The molecular formula is C25H25FN4O4S. The number of para-hydroxylation sites is 1. The Kier molecular flexibility index (Phi) is 7.52. The average Bonchev–Trinajstić information content (AvgIpc) is 2.88. The second kappa shape index (κ2) is 10.7. The van der Waals surface area contributed by atoms with E-state index >= 15 is 0 Å². The summed E-state index contributed by atoms with van der Waals surface area (Å²) >= 11 is 0. The van der Waals surface area contributed by atoms with Gasteiger partial charge in [0.05, 0.1) is 22.1 Å². The number of hydrogen-bond acceptors (Lipinski definition) is 5. The normalized spacial score (nSPS) is 16.4. The van der Waals surface area contributed by atoms with E-state index in [0.29, 0.717) is 24.1 Å². The van der Waals surface area contributed by atoms with Crippen LogP contribution in [0.25, 0.3) is 0 Å². The molecule has 4 rings (SSSR count). The number of carbonyl (C=O) groups excluding carboxylic acids is 2. The predicted octanol–water partition coefficient (Wildman–Crippen LogP) is 3.19. The molecule has 0 radical (unpaired) electrons. The molecule has 182 valence electrons. The van der Waals surface area contributed by atoms with Crippen LogP contribution in [0.15, 0.2) is 78.0 Å². The van der Waals surface area contributed by atoms with Crippen molar-refractivity contribution in [2.75, 3.05) is 18.4 Å². The number of halogens is 1. The maximum Gasteiger partial charge on any atom is 0.253 e. The summed E-state index contributed by atoms with van der Waals surface area (Å²) in [6.07, 6.45) is 4.32. The Morgan fingerprint density at radius 2 is 1.83 bits per heavy atom. The minimum atomic E-state index is -3.86. The lowest BCUT2D eigenvalue weighted by Crippen LogP contribution is -2.43. The van der Waals surface area contributed by atoms with Crippen molar-refractivity contribution in [3.63, 3.8) is 0 Å². The third-order valence-corrected chi connectivity index (χ3v) is 7.69. The Morgan fingerprint density at radius 3 is 2.57 bits per heavy atom. The van der Waals surface area contributed by atoms with Gasteiger partial charge in [0.25, 0.3) is 5.91 Å². The number of piperidine rings is 1. The first-order chi connectivity index (χ1) is 16.8. The Morgan fingerprint density at radius 1 is 1.06 bits per heavy atom. The van der Waals surface area contributed by atoms with Gasteiger partial charge in [-0.2, -0.15) is 4.31 Å². The van der Waals surface area contributed by atoms with Crippen LogP contribution in [0.1, 0.15) is 28.8 Å². The first-order valence-electron chi connectivity index (χ1n) is 11.2. The Balaban J connectivity index is 1.43. The summed E-state index contributed by atoms with van der Waals surface area (Å²) in [6, 6.07) is 14.9. The van der Waals surface area contributed by atoms with Crippen LogP contribution >= 0.6 is 0 Å². The fourth-order valence-electron chi connectivity index (χ4n) is 3.94. The van der Waals surface area contributed by atoms with Gasteiger partial charge in [-0.1, -0.05) is 18.2 Å². The maximum atomic E-state index is 13.2. The number of hydrogen-bond donors (Lipinski definition) is 2. The Labute approximate surface area is 203 Å². The monoisotopic (exact) mass is 496 g/mol. The van der Waals surface area contributed by atoms with Gasteiger partial charge in [-0.25, -0.2) is 12.8 Å². The van der Waals surface area contributed by atoms with E-state index < -0.39 is 21.8 Å². The molecule has 1 fully saturated rings. The van der Waals surface area contributed by atoms with Crippen LogP contribution in [0, 0.1) is 11.7 Å². The van der Waals surface area contributed by atoms with Gasteiger partial charge in [0.2, 0.25) is 15.9 Å². The Bertz CT molecular complexity index is 1300. The first-order valence-corrected chi connectivity index (χ1v) is 12.6. The topological polar surface area (TPSA) is 108 Å². The minimum absolute atomic E-state index is 0.000906. The van der Waals surface area contributed by atoms with E-state index in [1.807, 2.05) is 6.07 Å². The second-order valence-corrected chi connectivity index (χ2v) is 10.2. The van der Waals surface area contributed by atoms with Gasteiger partial charge in [-0.15, -0.1) is 0 Å². The van der Waals surface area contributed by atoms with Crippen molar-refractivity contribution in [3.05, 3.63) is 90.0 Å². The fraction of sp³-hybridized carbons (Fsp3) is 0.240. The summed E-state index contributed by atoms with van der Waals surface area (Å²) in [5.74, 6) is -1.83. The number of nitrogens with one attached hydrogen (secondary N) is 2. The molecule has 2 N–H and O–H groups in total. The first kappa shape index (κ1) is 24.5. The molecule has 2 amide bonds. The van der Waals surface area contributed by atoms with Crippen LogP contribution in [0.2, 0.25) is 0 Å². The number of aromatic nitrogens is 1. The molecule has 1 aromatic heterocycles. The lowest BCUT2D eigenvalue weighted by molar-refractivity contribution is -0.120. The fourth-order valence-corrected chi connectivity index (χ4v) is 5.46. The van der Waals surface area contributed by atoms with Crippen molar-refractivity contribution >= 4 is 27.5 Å². The summed E-state index contributed by atoms with van der Waals surface area (Å²) in [7, 11) is -3.86. The van der Waals surface area contributed by atoms with Crippen LogP contribution in [-0.2, 0) is 21.4 Å². The number of anilines is 1. The van der Waals surface area contributed by atoms with E-state index in [4.69, 9.17) is 0 Å². The van der Waals surface area contributed by atoms with Crippen molar-refractivity contribution in [1.29, 1.82) is 0 Å². The molecule has 2 aromatic carbocycles. The number of amides is 2. The lowest BCUT2D eigenvalue weighted by Gasteiger charge is -2.31. The van der Waals surface area contributed by atoms with Gasteiger partial charge < -0.3 is 10.6 Å². The van der Waals surface area contributed by atoms with Gasteiger partial charge in [0.15, 0.2) is 0 Å². The van der Waals surface area contributed by atoms with Gasteiger partial charge in [-0.05, 0) is 60.9 Å². The van der Waals surface area contributed by atoms with Crippen LogP contribution in [-0.4, -0.2) is 42.6 Å². The zero-order valence-corrected chi connectivity index (χ0v) is 19.7. The molecule has 0 saturated carbocycles. The van der Waals surface area contributed by atoms with Gasteiger partial charge in [0.1, 0.15) is 5.82 Å². The molecule has 0 aliphatic carbocycles. The summed E-state index contributed by atoms with van der Waals surface area (Å²) < 4.78 is 40.4. The van der Waals surface area contributed by atoms with E-state index in [-0.39, 0.29) is 36.3 Å². The molecule has 0 bridgehead atoms. The molecule has 35 heavy (non-hydrogen) atoms. The molecule has 3 aromatic rings. The SMILES string of the molecule is O=C(NCc1cccnc1)c1ccccc1NC(=O)[C@H]1CCCN(S(=O)(=O)c2ccc(F)cc2)C1. The zero-order valence-electron chi connectivity index (χ0n) is 18.9. The molecule has 2 heterocycles. The number of nitrogens with zero attached hydrogens (tertiary/aromatic N) is 2. The predicted molar refractivity (Wildman–Crippen MR) is 128 cm³/mol. The zero-order chi connectivity index (χ0) is 24.8. The third-order valence-electron chi connectivity index (χ3n) is 5.81. The molecule has 10 heteroatoms. The Hall–Kier alpha value is -3.63. The molecule has 1 atom stereocenters. The standard InChI is InChI=1S/C25H25FN4O4S/c26-20-9-11-21(12-10-20)35(33,34)30-14-4-6-19(17-30)24(31)29-23-8-2-1-7-22(23)25(32)28-16-18-5-3-13-27-15-18/h1-3,5,7-13,15,19H,4,6,14,16-17H2,(H,28,32)(H,29,31)/t19-/m0/s1. The van der Waals surface area contributed by atoms with Crippen molar-refractivity contribution in [2.45, 2.75) is 24.3 Å². The summed E-state index contributed by atoms with van der Waals surface area (Å²) in [5.41, 5.74) is 1.49. The van der Waals surface area contributed by atoms with Crippen LogP contribution in [0.3, 0.4) is 0 Å². The van der Waals surface area contributed by atoms with E-state index in [2.05, 4.69) is 15.6 Å². The molecule has 1 aliphatic heterocycles. The van der Waals surface area contributed by atoms with Gasteiger partial charge in [-0.3, -0.25) is 14.6 Å². The number of sulfonamides is 1. The van der Waals surface area contributed by atoms with Crippen LogP contribution in [0.5, 0.6) is 0 Å². The van der Waals surface area contributed by atoms with Crippen molar-refractivity contribution in [2.24, 2.45) is 5.92 Å². The highest BCUT2D eigenvalue weighted by Crippen LogP contribution is 2.25. The molecule has 0 unspecified atom stereocenters. The second-order valence-electron chi connectivity index (χ2n) is 8.23. The van der Waals surface area contributed by atoms with E-state index in [0.717, 1.165) is 17.7 Å². The molecule has 8 nitrogen and oxygen atoms in total. The summed E-state index contributed by atoms with van der Waals surface area (Å²) in [4.78, 5) is 29.8. The summed E-state index contributed by atoms with van der Waals surface area (Å²) in [5, 5.41) is 5.61. The van der Waals surface area contributed by atoms with Crippen LogP contribution < -0.4 is 10.6 Å². The van der Waals surface area contributed by atoms with Crippen molar-refractivity contribution in [1.82, 2.24) is 14.6 Å². The highest BCUT2D eigenvalue weighted by Gasteiger charge is 2.33. The third kappa shape index (κ3) is 5.90. The van der Waals surface area contributed by atoms with Gasteiger partial charge in [0, 0.05) is 32.0 Å². The quantitative estimate of drug-likeness (QED) is 0.522. The largest absolute Gasteiger partial charge is 0.348 e. The number of carbonyl (C=O) groups is 2. The van der Waals surface area contributed by atoms with Gasteiger partial charge >= 0.3 is 0 Å². The molecular weight excluding hydrogens is 471 g/mol. The highest BCUT2D eigenvalue weighted by molar-refractivity contribution is 7.89.